The van der Waals surface area contributed by atoms with Crippen LogP contribution in [-0.2, 0) is 15.2 Å². The summed E-state index contributed by atoms with van der Waals surface area (Å²) in [6, 6.07) is 1.09. The monoisotopic (exact) mass is 332 g/mol. The third-order valence-electron chi connectivity index (χ3n) is 3.47. The van der Waals surface area contributed by atoms with Gasteiger partial charge in [0.05, 0.1) is 17.9 Å². The number of halogens is 1. The second-order valence-corrected chi connectivity index (χ2v) is 6.03. The van der Waals surface area contributed by atoms with Crippen LogP contribution >= 0.6 is 0 Å². The molecule has 0 aromatic carbocycles. The Morgan fingerprint density at radius 3 is 2.86 bits per heavy atom. The Balaban J connectivity index is 2.02. The number of hydrogen-bond donors (Lipinski definition) is 1. The summed E-state index contributed by atoms with van der Waals surface area (Å²) in [6.45, 7) is 0. The van der Waals surface area contributed by atoms with Gasteiger partial charge in [-0.3, -0.25) is 9.78 Å². The maximum Gasteiger partial charge on any atom is 0.488 e. The molecule has 0 saturated heterocycles. The largest absolute Gasteiger partial charge is 0.488 e. The summed E-state index contributed by atoms with van der Waals surface area (Å²) in [5.41, 5.74) is 0.0979. The van der Waals surface area contributed by atoms with Gasteiger partial charge in [0, 0.05) is 19.3 Å². The Hall–Kier alpha value is -1.74. The second-order valence-electron chi connectivity index (χ2n) is 5.08. The molecule has 2 unspecified atom stereocenters. The summed E-state index contributed by atoms with van der Waals surface area (Å²) in [7, 11) is -3.51. The minimum atomic E-state index is -5.15. The SMILES string of the molecule is COC1CCCC(NC(=O)c2cncc(OS(=O)(=O)F)c2)C1. The zero-order valence-corrected chi connectivity index (χ0v) is 12.8. The average molecular weight is 332 g/mol. The van der Waals surface area contributed by atoms with Crippen LogP contribution in [0.2, 0.25) is 0 Å². The minimum Gasteiger partial charge on any atom is -0.381 e. The number of rotatable bonds is 5. The Kier molecular flexibility index (Phi) is 5.30. The zero-order valence-electron chi connectivity index (χ0n) is 12.0. The van der Waals surface area contributed by atoms with Crippen LogP contribution in [0.1, 0.15) is 36.0 Å². The van der Waals surface area contributed by atoms with Crippen molar-refractivity contribution in [2.45, 2.75) is 37.8 Å². The zero-order chi connectivity index (χ0) is 16.2. The first-order valence-corrected chi connectivity index (χ1v) is 8.11. The topological polar surface area (TPSA) is 94.6 Å². The van der Waals surface area contributed by atoms with Crippen molar-refractivity contribution in [1.29, 1.82) is 0 Å². The molecule has 2 atom stereocenters. The van der Waals surface area contributed by atoms with Gasteiger partial charge in [0.1, 0.15) is 0 Å². The van der Waals surface area contributed by atoms with Crippen molar-refractivity contribution >= 4 is 16.4 Å². The summed E-state index contributed by atoms with van der Waals surface area (Å²) < 4.78 is 42.7. The van der Waals surface area contributed by atoms with Crippen LogP contribution in [0.5, 0.6) is 5.75 Å². The molecule has 122 valence electrons. The fourth-order valence-electron chi connectivity index (χ4n) is 2.46. The van der Waals surface area contributed by atoms with E-state index in [2.05, 4.69) is 14.5 Å². The lowest BCUT2D eigenvalue weighted by molar-refractivity contribution is 0.0562. The maximum atomic E-state index is 12.5. The standard InChI is InChI=1S/C13H17FN2O5S/c1-20-11-4-2-3-10(6-11)16-13(17)9-5-12(8-15-7-9)21-22(14,18)19/h5,7-8,10-11H,2-4,6H2,1H3,(H,16,17). The number of aromatic nitrogens is 1. The van der Waals surface area contributed by atoms with Gasteiger partial charge in [-0.25, -0.2) is 0 Å². The highest BCUT2D eigenvalue weighted by molar-refractivity contribution is 7.81. The van der Waals surface area contributed by atoms with Gasteiger partial charge >= 0.3 is 10.5 Å². The van der Waals surface area contributed by atoms with E-state index in [1.165, 1.54) is 6.20 Å². The predicted molar refractivity (Wildman–Crippen MR) is 75.4 cm³/mol. The van der Waals surface area contributed by atoms with E-state index in [4.69, 9.17) is 4.74 Å². The summed E-state index contributed by atoms with van der Waals surface area (Å²) in [5, 5.41) is 2.83. The number of methoxy groups -OCH3 is 1. The third kappa shape index (κ3) is 4.92. The fraction of sp³-hybridized carbons (Fsp3) is 0.538. The minimum absolute atomic E-state index is 0.0271. The van der Waals surface area contributed by atoms with Crippen LogP contribution in [0.4, 0.5) is 3.89 Å². The van der Waals surface area contributed by atoms with Gasteiger partial charge in [0.2, 0.25) is 0 Å². The molecule has 22 heavy (non-hydrogen) atoms. The normalized spacial score (nSPS) is 22.1. The van der Waals surface area contributed by atoms with E-state index < -0.39 is 16.4 Å². The molecule has 1 aliphatic carbocycles. The van der Waals surface area contributed by atoms with Crippen molar-refractivity contribution in [1.82, 2.24) is 10.3 Å². The molecule has 1 aliphatic rings. The maximum absolute atomic E-state index is 12.5. The van der Waals surface area contributed by atoms with Gasteiger partial charge in [-0.05, 0) is 31.7 Å². The van der Waals surface area contributed by atoms with E-state index >= 15 is 0 Å². The molecule has 1 heterocycles. The van der Waals surface area contributed by atoms with Gasteiger partial charge < -0.3 is 14.2 Å². The van der Waals surface area contributed by atoms with E-state index in [0.717, 1.165) is 31.5 Å². The van der Waals surface area contributed by atoms with Gasteiger partial charge in [-0.1, -0.05) is 3.89 Å². The molecule has 2 rings (SSSR count). The molecule has 1 N–H and O–H groups in total. The third-order valence-corrected chi connectivity index (χ3v) is 3.86. The van der Waals surface area contributed by atoms with E-state index in [1.54, 1.807) is 7.11 Å². The molecule has 7 nitrogen and oxygen atoms in total. The smallest absolute Gasteiger partial charge is 0.381 e. The van der Waals surface area contributed by atoms with Crippen LogP contribution < -0.4 is 9.50 Å². The highest BCUT2D eigenvalue weighted by atomic mass is 32.3. The van der Waals surface area contributed by atoms with E-state index in [1.807, 2.05) is 0 Å². The molecule has 0 spiro atoms. The summed E-state index contributed by atoms with van der Waals surface area (Å²) in [4.78, 5) is 15.8. The number of ether oxygens (including phenoxy) is 1. The highest BCUT2D eigenvalue weighted by Gasteiger charge is 2.23. The average Bonchev–Trinajstić information content (AvgIpc) is 2.46. The van der Waals surface area contributed by atoms with Crippen molar-refractivity contribution in [2.24, 2.45) is 0 Å². The van der Waals surface area contributed by atoms with Crippen molar-refractivity contribution in [3.63, 3.8) is 0 Å². The number of nitrogens with one attached hydrogen (secondary N) is 1. The van der Waals surface area contributed by atoms with Crippen LogP contribution in [-0.4, -0.2) is 38.6 Å². The Morgan fingerprint density at radius 1 is 1.41 bits per heavy atom. The number of amides is 1. The predicted octanol–water partition coefficient (Wildman–Crippen LogP) is 1.36. The van der Waals surface area contributed by atoms with E-state index in [9.17, 15) is 17.1 Å². The first-order valence-electron chi connectivity index (χ1n) is 6.80. The number of nitrogens with zero attached hydrogens (tertiary/aromatic N) is 1. The molecule has 1 aromatic rings. The van der Waals surface area contributed by atoms with Crippen LogP contribution in [0.25, 0.3) is 0 Å². The Labute approximate surface area is 128 Å². The molecule has 0 radical (unpaired) electrons. The molecule has 0 bridgehead atoms. The Morgan fingerprint density at radius 2 is 2.18 bits per heavy atom. The number of carbonyl (C=O) groups is 1. The second kappa shape index (κ2) is 7.01. The van der Waals surface area contributed by atoms with Crippen molar-refractivity contribution in [3.8, 4) is 5.75 Å². The summed E-state index contributed by atoms with van der Waals surface area (Å²) >= 11 is 0. The number of pyridine rings is 1. The molecule has 1 aromatic heterocycles. The van der Waals surface area contributed by atoms with E-state index in [0.29, 0.717) is 6.42 Å². The summed E-state index contributed by atoms with van der Waals surface area (Å²) in [6.07, 6.45) is 5.84. The molecular weight excluding hydrogens is 315 g/mol. The fourth-order valence-corrected chi connectivity index (χ4v) is 2.78. The lowest BCUT2D eigenvalue weighted by atomic mass is 9.92. The number of hydrogen-bond acceptors (Lipinski definition) is 6. The van der Waals surface area contributed by atoms with Crippen LogP contribution in [0.3, 0.4) is 0 Å². The van der Waals surface area contributed by atoms with Gasteiger partial charge in [0.25, 0.3) is 5.91 Å². The van der Waals surface area contributed by atoms with Gasteiger partial charge in [0.15, 0.2) is 5.75 Å². The van der Waals surface area contributed by atoms with Crippen LogP contribution in [0, 0.1) is 0 Å². The van der Waals surface area contributed by atoms with Crippen LogP contribution in [0.15, 0.2) is 18.5 Å². The van der Waals surface area contributed by atoms with Crippen molar-refractivity contribution in [3.05, 3.63) is 24.0 Å². The molecule has 1 saturated carbocycles. The Bertz CT molecular complexity index is 637. The summed E-state index contributed by atoms with van der Waals surface area (Å²) in [5.74, 6) is -0.774. The molecule has 9 heteroatoms. The van der Waals surface area contributed by atoms with Crippen molar-refractivity contribution in [2.75, 3.05) is 7.11 Å². The van der Waals surface area contributed by atoms with E-state index in [-0.39, 0.29) is 23.5 Å². The number of carbonyl (C=O) groups excluding carboxylic acids is 1. The first kappa shape index (κ1) is 16.6. The quantitative estimate of drug-likeness (QED) is 0.818. The van der Waals surface area contributed by atoms with Gasteiger partial charge in [-0.15, -0.1) is 0 Å². The first-order chi connectivity index (χ1) is 10.4. The van der Waals surface area contributed by atoms with Gasteiger partial charge in [-0.2, -0.15) is 8.42 Å². The highest BCUT2D eigenvalue weighted by Crippen LogP contribution is 2.21. The molecule has 1 fully saturated rings. The molecular formula is C13H17FN2O5S. The lowest BCUT2D eigenvalue weighted by Crippen LogP contribution is -2.40. The molecule has 0 aliphatic heterocycles. The lowest BCUT2D eigenvalue weighted by Gasteiger charge is -2.28. The molecule has 1 amide bonds. The van der Waals surface area contributed by atoms with Crippen molar-refractivity contribution < 1.29 is 26.0 Å².